The molecule has 4 nitrogen and oxygen atoms in total. The zero-order valence-electron chi connectivity index (χ0n) is 16.0. The van der Waals surface area contributed by atoms with Gasteiger partial charge in [0.15, 0.2) is 0 Å². The molecule has 0 atom stereocenters. The average Bonchev–Trinajstić information content (AvgIpc) is 2.52. The largest absolute Gasteiger partial charge is 0.333 e. The Morgan fingerprint density at radius 3 is 2.64 bits per heavy atom. The van der Waals surface area contributed by atoms with Crippen molar-refractivity contribution >= 4 is 12.2 Å². The van der Waals surface area contributed by atoms with Gasteiger partial charge in [0.05, 0.1) is 0 Å². The molecule has 1 N–H and O–H groups in total. The maximum absolute atomic E-state index is 10.7. The molecule has 1 fully saturated rings. The van der Waals surface area contributed by atoms with E-state index in [4.69, 9.17) is 0 Å². The number of hydrogen-bond acceptors (Lipinski definition) is 3. The van der Waals surface area contributed by atoms with Crippen LogP contribution in [0.2, 0.25) is 0 Å². The van der Waals surface area contributed by atoms with Crippen molar-refractivity contribution in [2.45, 2.75) is 59.3 Å². The van der Waals surface area contributed by atoms with Crippen LogP contribution >= 0.6 is 0 Å². The van der Waals surface area contributed by atoms with Gasteiger partial charge in [-0.25, -0.2) is 4.98 Å². The summed E-state index contributed by atoms with van der Waals surface area (Å²) in [5.41, 5.74) is 4.72. The molecule has 1 aliphatic carbocycles. The third-order valence-corrected chi connectivity index (χ3v) is 4.72. The molecule has 0 aromatic carbocycles. The minimum Gasteiger partial charge on any atom is -0.333 e. The van der Waals surface area contributed by atoms with Crippen LogP contribution in [-0.2, 0) is 11.2 Å². The summed E-state index contributed by atoms with van der Waals surface area (Å²) in [7, 11) is 2.05. The van der Waals surface area contributed by atoms with Crippen LogP contribution in [0.15, 0.2) is 41.4 Å². The van der Waals surface area contributed by atoms with Crippen LogP contribution in [0.4, 0.5) is 5.82 Å². The summed E-state index contributed by atoms with van der Waals surface area (Å²) in [6.07, 6.45) is 11.8. The van der Waals surface area contributed by atoms with Crippen LogP contribution in [0.3, 0.4) is 0 Å². The molecule has 1 aromatic heterocycles. The molecule has 4 heteroatoms. The van der Waals surface area contributed by atoms with Crippen LogP contribution in [-0.4, -0.2) is 18.4 Å². The van der Waals surface area contributed by atoms with E-state index in [1.165, 1.54) is 30.4 Å². The number of carbonyl (C=O) groups is 1. The van der Waals surface area contributed by atoms with E-state index >= 15 is 0 Å². The first-order valence-corrected chi connectivity index (χ1v) is 9.30. The van der Waals surface area contributed by atoms with Gasteiger partial charge < -0.3 is 10.2 Å². The Balaban J connectivity index is 2.10. The highest BCUT2D eigenvalue weighted by atomic mass is 16.1. The summed E-state index contributed by atoms with van der Waals surface area (Å²) in [4.78, 5) is 17.5. The Kier molecular flexibility index (Phi) is 7.23. The fraction of sp³-hybridized carbons (Fsp3) is 0.524. The lowest BCUT2D eigenvalue weighted by molar-refractivity contribution is -0.108. The molecule has 1 saturated carbocycles. The van der Waals surface area contributed by atoms with Gasteiger partial charge in [-0.1, -0.05) is 26.3 Å². The molecule has 25 heavy (non-hydrogen) atoms. The van der Waals surface area contributed by atoms with Gasteiger partial charge in [0, 0.05) is 24.6 Å². The summed E-state index contributed by atoms with van der Waals surface area (Å²) in [6, 6.07) is 4.28. The van der Waals surface area contributed by atoms with Crippen molar-refractivity contribution in [3.63, 3.8) is 0 Å². The smallest absolute Gasteiger partial charge is 0.211 e. The van der Waals surface area contributed by atoms with Gasteiger partial charge in [-0.15, -0.1) is 0 Å². The first kappa shape index (κ1) is 19.2. The van der Waals surface area contributed by atoms with E-state index in [1.54, 1.807) is 0 Å². The molecule has 1 aliphatic rings. The molecule has 136 valence electrons. The molecule has 0 radical (unpaired) electrons. The maximum Gasteiger partial charge on any atom is 0.211 e. The number of likely N-dealkylation sites (N-methyl/N-ethyl adjacent to an activating group) is 1. The number of amides is 1. The minimum absolute atomic E-state index is 0.721. The predicted octanol–water partition coefficient (Wildman–Crippen LogP) is 4.58. The predicted molar refractivity (Wildman–Crippen MR) is 104 cm³/mol. The van der Waals surface area contributed by atoms with Gasteiger partial charge in [0.25, 0.3) is 0 Å². The number of nitrogens with zero attached hydrogens (tertiary/aromatic N) is 2. The van der Waals surface area contributed by atoms with Crippen LogP contribution in [0.5, 0.6) is 0 Å². The number of rotatable bonds is 9. The molecule has 0 aliphatic heterocycles. The van der Waals surface area contributed by atoms with Crippen molar-refractivity contribution in [3.05, 3.63) is 46.9 Å². The summed E-state index contributed by atoms with van der Waals surface area (Å²) in [6.45, 7) is 6.44. The first-order valence-electron chi connectivity index (χ1n) is 9.30. The highest BCUT2D eigenvalue weighted by Gasteiger charge is 2.18. The molecule has 1 amide bonds. The molecular formula is C21H31N3O. The normalized spacial score (nSPS) is 14.3. The number of anilines is 1. The standard InChI is InChI=1S/C21H31N3O/c1-16(2)7-5-8-18-11-12-21(22-14-18)24(4)20(19-9-6-10-19)13-17(3)23-15-25/h11-16H,5-10H2,1-4H3,(H,23,25)/b17-13-. The second kappa shape index (κ2) is 9.40. The summed E-state index contributed by atoms with van der Waals surface area (Å²) < 4.78 is 0. The molecule has 0 unspecified atom stereocenters. The lowest BCUT2D eigenvalue weighted by Crippen LogP contribution is -2.22. The zero-order chi connectivity index (χ0) is 18.2. The van der Waals surface area contributed by atoms with Crippen molar-refractivity contribution in [1.29, 1.82) is 0 Å². The minimum atomic E-state index is 0.721. The van der Waals surface area contributed by atoms with Crippen molar-refractivity contribution in [2.24, 2.45) is 5.92 Å². The van der Waals surface area contributed by atoms with Crippen LogP contribution in [0.25, 0.3) is 0 Å². The van der Waals surface area contributed by atoms with Crippen molar-refractivity contribution in [3.8, 4) is 0 Å². The van der Waals surface area contributed by atoms with Crippen molar-refractivity contribution < 1.29 is 4.79 Å². The van der Waals surface area contributed by atoms with E-state index in [0.717, 1.165) is 48.8 Å². The number of hydrogen-bond donors (Lipinski definition) is 1. The highest BCUT2D eigenvalue weighted by molar-refractivity contribution is 5.54. The van der Waals surface area contributed by atoms with Gasteiger partial charge in [-0.3, -0.25) is 4.79 Å². The topological polar surface area (TPSA) is 45.2 Å². The summed E-state index contributed by atoms with van der Waals surface area (Å²) in [5.74, 6) is 1.70. The number of carbonyl (C=O) groups excluding carboxylic acids is 1. The average molecular weight is 341 g/mol. The number of nitrogens with one attached hydrogen (secondary N) is 1. The molecule has 1 heterocycles. The number of aryl methyl sites for hydroxylation is 1. The Morgan fingerprint density at radius 1 is 1.36 bits per heavy atom. The fourth-order valence-electron chi connectivity index (χ4n) is 2.99. The van der Waals surface area contributed by atoms with E-state index in [9.17, 15) is 4.79 Å². The molecule has 2 rings (SSSR count). The van der Waals surface area contributed by atoms with Crippen LogP contribution in [0.1, 0.15) is 58.4 Å². The van der Waals surface area contributed by atoms with Crippen molar-refractivity contribution in [2.75, 3.05) is 11.9 Å². The summed E-state index contributed by atoms with van der Waals surface area (Å²) in [5, 5.41) is 2.73. The molecule has 0 spiro atoms. The van der Waals surface area contributed by atoms with Gasteiger partial charge in [0.1, 0.15) is 5.82 Å². The molecular weight excluding hydrogens is 310 g/mol. The third kappa shape index (κ3) is 5.73. The van der Waals surface area contributed by atoms with E-state index in [2.05, 4.69) is 41.2 Å². The second-order valence-corrected chi connectivity index (χ2v) is 7.30. The van der Waals surface area contributed by atoms with E-state index in [1.807, 2.05) is 26.2 Å². The van der Waals surface area contributed by atoms with Crippen molar-refractivity contribution in [1.82, 2.24) is 10.3 Å². The lowest BCUT2D eigenvalue weighted by atomic mass is 9.89. The van der Waals surface area contributed by atoms with E-state index in [-0.39, 0.29) is 0 Å². The van der Waals surface area contributed by atoms with Gasteiger partial charge in [-0.2, -0.15) is 0 Å². The SMILES string of the molecule is C/C(=C/C(=C1CCC1)N(C)c1ccc(CCCC(C)C)cn1)NC=O. The third-order valence-electron chi connectivity index (χ3n) is 4.72. The monoisotopic (exact) mass is 341 g/mol. The summed E-state index contributed by atoms with van der Waals surface area (Å²) >= 11 is 0. The number of pyridine rings is 1. The fourth-order valence-corrected chi connectivity index (χ4v) is 2.99. The van der Waals surface area contributed by atoms with E-state index < -0.39 is 0 Å². The Morgan fingerprint density at radius 2 is 2.12 bits per heavy atom. The van der Waals surface area contributed by atoms with E-state index in [0.29, 0.717) is 0 Å². The van der Waals surface area contributed by atoms with Gasteiger partial charge in [-0.05, 0) is 68.2 Å². The number of allylic oxidation sites excluding steroid dienone is 3. The Bertz CT molecular complexity index is 623. The van der Waals surface area contributed by atoms with Gasteiger partial charge >= 0.3 is 0 Å². The molecule has 0 saturated heterocycles. The first-order chi connectivity index (χ1) is 12.0. The Hall–Kier alpha value is -2.10. The van der Waals surface area contributed by atoms with Crippen LogP contribution < -0.4 is 10.2 Å². The zero-order valence-corrected chi connectivity index (χ0v) is 16.0. The van der Waals surface area contributed by atoms with Crippen LogP contribution in [0, 0.1) is 5.92 Å². The molecule has 1 aromatic rings. The second-order valence-electron chi connectivity index (χ2n) is 7.30. The molecule has 0 bridgehead atoms. The Labute approximate surface area is 152 Å². The van der Waals surface area contributed by atoms with Gasteiger partial charge in [0.2, 0.25) is 6.41 Å². The highest BCUT2D eigenvalue weighted by Crippen LogP contribution is 2.32. The quantitative estimate of drug-likeness (QED) is 0.669. The number of aromatic nitrogens is 1. The maximum atomic E-state index is 10.7. The lowest BCUT2D eigenvalue weighted by Gasteiger charge is -2.28.